The molecule has 0 heterocycles. The Morgan fingerprint density at radius 3 is 2.47 bits per heavy atom. The van der Waals surface area contributed by atoms with Gasteiger partial charge in [0, 0.05) is 40.3 Å². The summed E-state index contributed by atoms with van der Waals surface area (Å²) in [5, 5.41) is 3.05. The summed E-state index contributed by atoms with van der Waals surface area (Å²) in [7, 11) is -0.123. The van der Waals surface area contributed by atoms with Gasteiger partial charge in [-0.25, -0.2) is 4.72 Å². The molecule has 0 fully saturated rings. The quantitative estimate of drug-likeness (QED) is 0.507. The van der Waals surface area contributed by atoms with Crippen LogP contribution in [0.1, 0.15) is 6.92 Å². The van der Waals surface area contributed by atoms with Crippen LogP contribution in [-0.2, 0) is 14.9 Å². The molecule has 0 amide bonds. The third-order valence-electron chi connectivity index (χ3n) is 1.92. The van der Waals surface area contributed by atoms with E-state index in [1.807, 2.05) is 0 Å². The second-order valence-electron chi connectivity index (χ2n) is 3.06. The van der Waals surface area contributed by atoms with Crippen LogP contribution in [0.15, 0.2) is 0 Å². The van der Waals surface area contributed by atoms with Crippen LogP contribution >= 0.6 is 0 Å². The van der Waals surface area contributed by atoms with E-state index in [1.54, 1.807) is 21.1 Å². The van der Waals surface area contributed by atoms with Crippen LogP contribution in [0, 0.1) is 0 Å². The lowest BCUT2D eigenvalue weighted by atomic mass is 10.6. The highest BCUT2D eigenvalue weighted by molar-refractivity contribution is 7.87. The van der Waals surface area contributed by atoms with E-state index in [1.165, 1.54) is 4.31 Å². The van der Waals surface area contributed by atoms with Gasteiger partial charge < -0.3 is 10.1 Å². The lowest BCUT2D eigenvalue weighted by Crippen LogP contribution is -2.41. The molecule has 15 heavy (non-hydrogen) atoms. The number of nitrogens with zero attached hydrogens (tertiary/aromatic N) is 1. The summed E-state index contributed by atoms with van der Waals surface area (Å²) in [6, 6.07) is 0. The van der Waals surface area contributed by atoms with Crippen LogP contribution in [0.25, 0.3) is 0 Å². The van der Waals surface area contributed by atoms with Gasteiger partial charge in [-0.3, -0.25) is 0 Å². The fourth-order valence-corrected chi connectivity index (χ4v) is 1.77. The van der Waals surface area contributed by atoms with Gasteiger partial charge in [0.2, 0.25) is 0 Å². The number of hydrogen-bond donors (Lipinski definition) is 2. The van der Waals surface area contributed by atoms with E-state index in [4.69, 9.17) is 4.74 Å². The zero-order valence-electron chi connectivity index (χ0n) is 9.62. The fraction of sp³-hybridized carbons (Fsp3) is 1.00. The van der Waals surface area contributed by atoms with Crippen LogP contribution in [0.5, 0.6) is 0 Å². The highest BCUT2D eigenvalue weighted by Gasteiger charge is 2.13. The van der Waals surface area contributed by atoms with Crippen LogP contribution in [0.4, 0.5) is 0 Å². The van der Waals surface area contributed by atoms with Crippen molar-refractivity contribution >= 4 is 10.2 Å². The molecule has 2 N–H and O–H groups in total. The van der Waals surface area contributed by atoms with Crippen molar-refractivity contribution in [3.63, 3.8) is 0 Å². The summed E-state index contributed by atoms with van der Waals surface area (Å²) in [6.45, 7) is 4.59. The Bertz CT molecular complexity index is 244. The van der Waals surface area contributed by atoms with Crippen molar-refractivity contribution < 1.29 is 13.2 Å². The van der Waals surface area contributed by atoms with Crippen molar-refractivity contribution in [2.45, 2.75) is 6.92 Å². The Kier molecular flexibility index (Phi) is 7.89. The molecular weight excluding hydrogens is 218 g/mol. The van der Waals surface area contributed by atoms with Gasteiger partial charge in [-0.05, 0) is 0 Å². The molecule has 0 atom stereocenters. The van der Waals surface area contributed by atoms with Gasteiger partial charge in [-0.15, -0.1) is 0 Å². The van der Waals surface area contributed by atoms with Crippen LogP contribution in [-0.4, -0.2) is 59.7 Å². The maximum atomic E-state index is 11.4. The Balaban J connectivity index is 3.58. The van der Waals surface area contributed by atoms with Gasteiger partial charge in [0.25, 0.3) is 10.2 Å². The molecule has 0 unspecified atom stereocenters. The number of nitrogens with one attached hydrogen (secondary N) is 2. The lowest BCUT2D eigenvalue weighted by Gasteiger charge is -2.15. The van der Waals surface area contributed by atoms with Crippen LogP contribution in [0.3, 0.4) is 0 Å². The molecule has 0 saturated carbocycles. The van der Waals surface area contributed by atoms with Gasteiger partial charge in [-0.2, -0.15) is 12.7 Å². The van der Waals surface area contributed by atoms with E-state index >= 15 is 0 Å². The van der Waals surface area contributed by atoms with Crippen molar-refractivity contribution in [2.24, 2.45) is 0 Å². The summed E-state index contributed by atoms with van der Waals surface area (Å²) in [4.78, 5) is 0. The number of methoxy groups -OCH3 is 1. The molecule has 7 heteroatoms. The maximum absolute atomic E-state index is 11.4. The minimum Gasteiger partial charge on any atom is -0.383 e. The Morgan fingerprint density at radius 2 is 1.93 bits per heavy atom. The minimum atomic E-state index is -3.29. The summed E-state index contributed by atoms with van der Waals surface area (Å²) in [6.07, 6.45) is 0. The molecule has 0 radical (unpaired) electrons. The standard InChI is InChI=1S/C8H21N3O3S/c1-4-11(2)15(12,13)10-6-5-9-7-8-14-3/h9-10H,4-8H2,1-3H3. The first-order valence-corrected chi connectivity index (χ1v) is 6.39. The predicted octanol–water partition coefficient (Wildman–Crippen LogP) is -0.991. The third kappa shape index (κ3) is 6.80. The molecular formula is C8H21N3O3S. The summed E-state index contributed by atoms with van der Waals surface area (Å²) in [5.41, 5.74) is 0. The number of hydrogen-bond acceptors (Lipinski definition) is 4. The molecule has 0 saturated heterocycles. The van der Waals surface area contributed by atoms with Crippen molar-refractivity contribution in [1.29, 1.82) is 0 Å². The van der Waals surface area contributed by atoms with E-state index in [9.17, 15) is 8.42 Å². The summed E-state index contributed by atoms with van der Waals surface area (Å²) < 4.78 is 31.4. The average molecular weight is 239 g/mol. The SMILES string of the molecule is CCN(C)S(=O)(=O)NCCNCCOC. The molecule has 0 rings (SSSR count). The second-order valence-corrected chi connectivity index (χ2v) is 4.92. The van der Waals surface area contributed by atoms with Crippen molar-refractivity contribution in [1.82, 2.24) is 14.3 Å². The summed E-state index contributed by atoms with van der Waals surface area (Å²) in [5.74, 6) is 0. The number of rotatable bonds is 9. The largest absolute Gasteiger partial charge is 0.383 e. The Hall–Kier alpha value is -0.210. The van der Waals surface area contributed by atoms with Gasteiger partial charge in [0.15, 0.2) is 0 Å². The first kappa shape index (κ1) is 14.8. The maximum Gasteiger partial charge on any atom is 0.279 e. The van der Waals surface area contributed by atoms with E-state index in [-0.39, 0.29) is 0 Å². The molecule has 0 aliphatic rings. The Labute approximate surface area is 92.2 Å². The molecule has 0 aromatic carbocycles. The summed E-state index contributed by atoms with van der Waals surface area (Å²) >= 11 is 0. The van der Waals surface area contributed by atoms with E-state index in [0.29, 0.717) is 26.2 Å². The molecule has 0 aromatic rings. The first-order valence-electron chi connectivity index (χ1n) is 4.95. The van der Waals surface area contributed by atoms with Crippen LogP contribution in [0.2, 0.25) is 0 Å². The van der Waals surface area contributed by atoms with Crippen molar-refractivity contribution in [3.05, 3.63) is 0 Å². The highest BCUT2D eigenvalue weighted by atomic mass is 32.2. The topological polar surface area (TPSA) is 70.7 Å². The van der Waals surface area contributed by atoms with E-state index in [2.05, 4.69) is 10.0 Å². The van der Waals surface area contributed by atoms with Crippen molar-refractivity contribution in [3.8, 4) is 0 Å². The monoisotopic (exact) mass is 239 g/mol. The molecule has 0 aliphatic heterocycles. The van der Waals surface area contributed by atoms with Crippen LogP contribution < -0.4 is 10.0 Å². The molecule has 0 bridgehead atoms. The average Bonchev–Trinajstić information content (AvgIpc) is 2.22. The van der Waals surface area contributed by atoms with Gasteiger partial charge >= 0.3 is 0 Å². The van der Waals surface area contributed by atoms with E-state index < -0.39 is 10.2 Å². The molecule has 0 spiro atoms. The zero-order chi connectivity index (χ0) is 11.7. The van der Waals surface area contributed by atoms with E-state index in [0.717, 1.165) is 6.54 Å². The minimum absolute atomic E-state index is 0.385. The Morgan fingerprint density at radius 1 is 1.27 bits per heavy atom. The smallest absolute Gasteiger partial charge is 0.279 e. The van der Waals surface area contributed by atoms with Gasteiger partial charge in [-0.1, -0.05) is 6.92 Å². The normalized spacial score (nSPS) is 12.3. The molecule has 92 valence electrons. The molecule has 0 aliphatic carbocycles. The number of ether oxygens (including phenoxy) is 1. The predicted molar refractivity (Wildman–Crippen MR) is 60.0 cm³/mol. The second kappa shape index (κ2) is 8.00. The lowest BCUT2D eigenvalue weighted by molar-refractivity contribution is 0.199. The molecule has 0 aromatic heterocycles. The van der Waals surface area contributed by atoms with Gasteiger partial charge in [0.05, 0.1) is 6.61 Å². The molecule has 6 nitrogen and oxygen atoms in total. The third-order valence-corrected chi connectivity index (χ3v) is 3.57. The zero-order valence-corrected chi connectivity index (χ0v) is 10.4. The van der Waals surface area contributed by atoms with Crippen molar-refractivity contribution in [2.75, 3.05) is 46.9 Å². The fourth-order valence-electron chi connectivity index (χ4n) is 0.848. The highest BCUT2D eigenvalue weighted by Crippen LogP contribution is 1.90. The van der Waals surface area contributed by atoms with Gasteiger partial charge in [0.1, 0.15) is 0 Å². The first-order chi connectivity index (χ1) is 7.04.